The van der Waals surface area contributed by atoms with E-state index in [1.54, 1.807) is 18.3 Å². The van der Waals surface area contributed by atoms with Gasteiger partial charge in [-0.15, -0.1) is 0 Å². The van der Waals surface area contributed by atoms with E-state index in [9.17, 15) is 4.79 Å². The van der Waals surface area contributed by atoms with Crippen molar-refractivity contribution in [1.82, 2.24) is 9.97 Å². The smallest absolute Gasteiger partial charge is 0.259 e. The van der Waals surface area contributed by atoms with Gasteiger partial charge in [0, 0.05) is 17.3 Å². The molecule has 5 nitrogen and oxygen atoms in total. The number of aromatic nitrogens is 2. The van der Waals surface area contributed by atoms with Crippen molar-refractivity contribution in [3.05, 3.63) is 59.8 Å². The molecule has 2 heterocycles. The molecule has 0 aliphatic rings. The van der Waals surface area contributed by atoms with E-state index >= 15 is 0 Å². The topological polar surface area (TPSA) is 80.9 Å². The van der Waals surface area contributed by atoms with E-state index in [0.29, 0.717) is 11.2 Å². The summed E-state index contributed by atoms with van der Waals surface area (Å²) in [5, 5.41) is 3.63. The predicted molar refractivity (Wildman–Crippen MR) is 83.1 cm³/mol. The first-order valence-corrected chi connectivity index (χ1v) is 6.53. The maximum absolute atomic E-state index is 12.4. The Labute approximate surface area is 121 Å². The molecule has 0 aliphatic carbocycles. The van der Waals surface area contributed by atoms with Crippen LogP contribution in [0.2, 0.25) is 0 Å². The predicted octanol–water partition coefficient (Wildman–Crippen LogP) is 2.77. The number of benzene rings is 1. The highest BCUT2D eigenvalue weighted by atomic mass is 16.1. The normalized spacial score (nSPS) is 10.5. The number of hydrogen-bond acceptors (Lipinski definition) is 4. The molecule has 1 amide bonds. The molecule has 21 heavy (non-hydrogen) atoms. The molecule has 1 aromatic carbocycles. The zero-order valence-corrected chi connectivity index (χ0v) is 11.5. The van der Waals surface area contributed by atoms with E-state index in [1.807, 2.05) is 37.3 Å². The van der Waals surface area contributed by atoms with E-state index in [1.165, 1.54) is 0 Å². The van der Waals surface area contributed by atoms with Crippen LogP contribution >= 0.6 is 0 Å². The summed E-state index contributed by atoms with van der Waals surface area (Å²) in [4.78, 5) is 20.7. The van der Waals surface area contributed by atoms with Gasteiger partial charge in [0.15, 0.2) is 5.65 Å². The zero-order valence-electron chi connectivity index (χ0n) is 11.5. The highest BCUT2D eigenvalue weighted by Gasteiger charge is 2.13. The van der Waals surface area contributed by atoms with Gasteiger partial charge in [-0.05, 0) is 36.8 Å². The minimum atomic E-state index is -0.278. The molecule has 5 heteroatoms. The Balaban J connectivity index is 1.98. The van der Waals surface area contributed by atoms with E-state index in [4.69, 9.17) is 5.73 Å². The summed E-state index contributed by atoms with van der Waals surface area (Å²) in [7, 11) is 0. The number of nitrogens with two attached hydrogens (primary N) is 1. The molecule has 0 unspecified atom stereocenters. The van der Waals surface area contributed by atoms with Gasteiger partial charge < -0.3 is 11.1 Å². The molecule has 2 aromatic heterocycles. The van der Waals surface area contributed by atoms with Crippen LogP contribution in [0.25, 0.3) is 11.0 Å². The second kappa shape index (κ2) is 5.20. The molecule has 0 saturated carbocycles. The van der Waals surface area contributed by atoms with Crippen LogP contribution in [0.5, 0.6) is 0 Å². The zero-order chi connectivity index (χ0) is 14.8. The van der Waals surface area contributed by atoms with E-state index in [0.717, 1.165) is 16.6 Å². The number of carbonyl (C=O) groups is 1. The number of nitrogens with zero attached hydrogens (tertiary/aromatic N) is 2. The highest BCUT2D eigenvalue weighted by Crippen LogP contribution is 2.19. The van der Waals surface area contributed by atoms with E-state index < -0.39 is 0 Å². The average molecular weight is 278 g/mol. The fraction of sp³-hybridized carbons (Fsp3) is 0.0625. The number of para-hydroxylation sites is 1. The van der Waals surface area contributed by atoms with Crippen molar-refractivity contribution in [2.24, 2.45) is 0 Å². The summed E-state index contributed by atoms with van der Waals surface area (Å²) in [6, 6.07) is 12.9. The number of nitrogens with one attached hydrogen (secondary N) is 1. The number of carbonyl (C=O) groups excluding carboxylic acids is 1. The van der Waals surface area contributed by atoms with Gasteiger partial charge in [-0.2, -0.15) is 0 Å². The third-order valence-corrected chi connectivity index (χ3v) is 3.26. The van der Waals surface area contributed by atoms with Crippen molar-refractivity contribution < 1.29 is 4.79 Å². The third kappa shape index (κ3) is 2.53. The van der Waals surface area contributed by atoms with Crippen molar-refractivity contribution in [2.75, 3.05) is 11.1 Å². The maximum Gasteiger partial charge on any atom is 0.259 e. The Morgan fingerprint density at radius 1 is 1.19 bits per heavy atom. The van der Waals surface area contributed by atoms with Crippen molar-refractivity contribution >= 4 is 28.4 Å². The van der Waals surface area contributed by atoms with Gasteiger partial charge in [0.1, 0.15) is 5.82 Å². The summed E-state index contributed by atoms with van der Waals surface area (Å²) in [5.41, 5.74) is 8.49. The van der Waals surface area contributed by atoms with Gasteiger partial charge >= 0.3 is 0 Å². The highest BCUT2D eigenvalue weighted by molar-refractivity contribution is 6.09. The molecule has 104 valence electrons. The molecule has 3 aromatic rings. The Hall–Kier alpha value is -2.95. The molecular formula is C16H14N4O. The summed E-state index contributed by atoms with van der Waals surface area (Å²) in [5.74, 6) is -0.104. The van der Waals surface area contributed by atoms with Gasteiger partial charge in [0.2, 0.25) is 0 Å². The average Bonchev–Trinajstić information content (AvgIpc) is 2.49. The van der Waals surface area contributed by atoms with E-state index in [2.05, 4.69) is 15.3 Å². The third-order valence-electron chi connectivity index (χ3n) is 3.26. The Morgan fingerprint density at radius 2 is 2.00 bits per heavy atom. The van der Waals surface area contributed by atoms with Crippen molar-refractivity contribution in [3.8, 4) is 0 Å². The van der Waals surface area contributed by atoms with Gasteiger partial charge in [-0.25, -0.2) is 9.97 Å². The van der Waals surface area contributed by atoms with Gasteiger partial charge in [-0.1, -0.05) is 18.2 Å². The molecule has 3 rings (SSSR count). The number of aryl methyl sites for hydroxylation is 1. The first kappa shape index (κ1) is 13.1. The molecule has 0 aliphatic heterocycles. The quantitative estimate of drug-likeness (QED) is 0.755. The molecule has 0 fully saturated rings. The summed E-state index contributed by atoms with van der Waals surface area (Å²) in [6.07, 6.45) is 1.64. The molecule has 3 N–H and O–H groups in total. The van der Waals surface area contributed by atoms with Crippen LogP contribution < -0.4 is 11.1 Å². The number of amides is 1. The fourth-order valence-electron chi connectivity index (χ4n) is 2.10. The molecule has 0 spiro atoms. The van der Waals surface area contributed by atoms with Crippen LogP contribution in [-0.4, -0.2) is 15.9 Å². The second-order valence-corrected chi connectivity index (χ2v) is 4.74. The summed E-state index contributed by atoms with van der Waals surface area (Å²) in [6.45, 7) is 1.93. The Morgan fingerprint density at radius 3 is 2.81 bits per heavy atom. The lowest BCUT2D eigenvalue weighted by Crippen LogP contribution is -2.15. The van der Waals surface area contributed by atoms with Crippen LogP contribution in [0.15, 0.2) is 48.7 Å². The largest absolute Gasteiger partial charge is 0.383 e. The van der Waals surface area contributed by atoms with Gasteiger partial charge in [0.25, 0.3) is 5.91 Å². The summed E-state index contributed by atoms with van der Waals surface area (Å²) < 4.78 is 0. The summed E-state index contributed by atoms with van der Waals surface area (Å²) >= 11 is 0. The van der Waals surface area contributed by atoms with Crippen LogP contribution in [-0.2, 0) is 0 Å². The molecule has 0 saturated heterocycles. The molecular weight excluding hydrogens is 264 g/mol. The van der Waals surface area contributed by atoms with Crippen LogP contribution in [0.1, 0.15) is 15.9 Å². The van der Waals surface area contributed by atoms with Crippen molar-refractivity contribution in [3.63, 3.8) is 0 Å². The van der Waals surface area contributed by atoms with Crippen molar-refractivity contribution in [2.45, 2.75) is 6.92 Å². The first-order chi connectivity index (χ1) is 10.1. The Bertz CT molecular complexity index is 829. The number of rotatable bonds is 2. The lowest BCUT2D eigenvalue weighted by Gasteiger charge is -2.10. The SMILES string of the molecule is Cc1ccccc1NC(=O)c1cc2cccnc2nc1N. The van der Waals surface area contributed by atoms with Crippen LogP contribution in [0.3, 0.4) is 0 Å². The van der Waals surface area contributed by atoms with Crippen LogP contribution in [0.4, 0.5) is 11.5 Å². The van der Waals surface area contributed by atoms with Crippen LogP contribution in [0, 0.1) is 6.92 Å². The fourth-order valence-corrected chi connectivity index (χ4v) is 2.10. The van der Waals surface area contributed by atoms with Crippen molar-refractivity contribution in [1.29, 1.82) is 0 Å². The number of hydrogen-bond donors (Lipinski definition) is 2. The monoisotopic (exact) mass is 278 g/mol. The number of pyridine rings is 2. The second-order valence-electron chi connectivity index (χ2n) is 4.74. The lowest BCUT2D eigenvalue weighted by atomic mass is 10.1. The molecule has 0 bridgehead atoms. The minimum absolute atomic E-state index is 0.173. The van der Waals surface area contributed by atoms with Gasteiger partial charge in [0.05, 0.1) is 5.56 Å². The number of nitrogen functional groups attached to an aromatic ring is 1. The molecule has 0 atom stereocenters. The number of fused-ring (bicyclic) bond motifs is 1. The standard InChI is InChI=1S/C16H14N4O/c1-10-5-2-3-7-13(10)19-16(21)12-9-11-6-4-8-18-15(11)20-14(12)17/h2-9H,1H3,(H,19,21)(H2,17,18,20). The lowest BCUT2D eigenvalue weighted by molar-refractivity contribution is 0.102. The Kier molecular flexibility index (Phi) is 3.23. The van der Waals surface area contributed by atoms with E-state index in [-0.39, 0.29) is 11.7 Å². The molecule has 0 radical (unpaired) electrons. The number of anilines is 2. The minimum Gasteiger partial charge on any atom is -0.383 e. The first-order valence-electron chi connectivity index (χ1n) is 6.53. The van der Waals surface area contributed by atoms with Gasteiger partial charge in [-0.3, -0.25) is 4.79 Å². The maximum atomic E-state index is 12.4.